The van der Waals surface area contributed by atoms with Gasteiger partial charge in [0.1, 0.15) is 12.1 Å². The lowest BCUT2D eigenvalue weighted by Gasteiger charge is -2.27. The predicted octanol–water partition coefficient (Wildman–Crippen LogP) is 4.62. The highest BCUT2D eigenvalue weighted by molar-refractivity contribution is 6.02. The summed E-state index contributed by atoms with van der Waals surface area (Å²) in [5.74, 6) is -0.502. The Hall–Kier alpha value is -3.18. The number of fused-ring (bicyclic) bond motifs is 2. The fourth-order valence-electron chi connectivity index (χ4n) is 4.16. The van der Waals surface area contributed by atoms with Gasteiger partial charge in [0.05, 0.1) is 6.04 Å². The van der Waals surface area contributed by atoms with E-state index >= 15 is 0 Å². The maximum Gasteiger partial charge on any atom is 0.326 e. The van der Waals surface area contributed by atoms with Crippen LogP contribution in [0, 0.1) is 0 Å². The van der Waals surface area contributed by atoms with Gasteiger partial charge in [0, 0.05) is 12.2 Å². The number of nitrogens with one attached hydrogen (secondary N) is 1. The molecule has 0 radical (unpaired) electrons. The average Bonchev–Trinajstić information content (AvgIpc) is 2.88. The molecule has 0 bridgehead atoms. The van der Waals surface area contributed by atoms with Crippen molar-refractivity contribution in [1.82, 2.24) is 5.32 Å². The zero-order valence-corrected chi connectivity index (χ0v) is 18.9. The third kappa shape index (κ3) is 5.17. The predicted molar refractivity (Wildman–Crippen MR) is 128 cm³/mol. The van der Waals surface area contributed by atoms with Crippen LogP contribution in [-0.4, -0.2) is 30.1 Å². The largest absolute Gasteiger partial charge is 0.459 e. The van der Waals surface area contributed by atoms with Gasteiger partial charge in [-0.15, -0.1) is 0 Å². The molecule has 1 aliphatic rings. The number of carbonyl (C=O) groups is 2. The summed E-state index contributed by atoms with van der Waals surface area (Å²) in [6.45, 7) is 5.98. The van der Waals surface area contributed by atoms with Crippen LogP contribution in [0.3, 0.4) is 0 Å². The standard InChI is InChI=1S/C27H30N2O3/c1-27(2,3)32-25(30)18-29-24-11-7-6-9-21(24)14-15-23(26(29)31)28-17-19-12-13-20-8-4-5-10-22(20)16-19/h4-13,16,23,28H,14-15,17-18H2,1-3H3. The zero-order chi connectivity index (χ0) is 22.7. The second-order valence-electron chi connectivity index (χ2n) is 9.29. The molecule has 0 spiro atoms. The number of aryl methyl sites for hydroxylation is 1. The summed E-state index contributed by atoms with van der Waals surface area (Å²) in [5.41, 5.74) is 2.38. The first kappa shape index (κ1) is 22.0. The minimum Gasteiger partial charge on any atom is -0.459 e. The topological polar surface area (TPSA) is 58.6 Å². The van der Waals surface area contributed by atoms with E-state index in [1.807, 2.05) is 57.2 Å². The molecule has 5 nitrogen and oxygen atoms in total. The highest BCUT2D eigenvalue weighted by atomic mass is 16.6. The number of para-hydroxylation sites is 1. The van der Waals surface area contributed by atoms with Crippen molar-refractivity contribution in [1.29, 1.82) is 0 Å². The summed E-state index contributed by atoms with van der Waals surface area (Å²) in [6.07, 6.45) is 1.44. The van der Waals surface area contributed by atoms with Gasteiger partial charge in [0.15, 0.2) is 0 Å². The maximum atomic E-state index is 13.5. The number of hydrogen-bond donors (Lipinski definition) is 1. The van der Waals surface area contributed by atoms with Crippen molar-refractivity contribution in [2.75, 3.05) is 11.4 Å². The molecule has 1 unspecified atom stereocenters. The zero-order valence-electron chi connectivity index (χ0n) is 18.9. The number of hydrogen-bond acceptors (Lipinski definition) is 4. The Bertz CT molecular complexity index is 1130. The normalized spacial score (nSPS) is 16.5. The van der Waals surface area contributed by atoms with E-state index in [1.54, 1.807) is 4.90 Å². The molecule has 1 aliphatic heterocycles. The molecule has 3 aromatic rings. The van der Waals surface area contributed by atoms with Gasteiger partial charge in [-0.1, -0.05) is 54.6 Å². The van der Waals surface area contributed by atoms with Crippen LogP contribution in [0.15, 0.2) is 66.7 Å². The number of benzene rings is 3. The molecule has 0 aliphatic carbocycles. The average molecular weight is 431 g/mol. The number of nitrogens with zero attached hydrogens (tertiary/aromatic N) is 1. The lowest BCUT2D eigenvalue weighted by atomic mass is 10.0. The van der Waals surface area contributed by atoms with Crippen LogP contribution in [0.1, 0.15) is 38.3 Å². The molecule has 0 aromatic heterocycles. The molecular weight excluding hydrogens is 400 g/mol. The molecule has 1 atom stereocenters. The smallest absolute Gasteiger partial charge is 0.326 e. The monoisotopic (exact) mass is 430 g/mol. The summed E-state index contributed by atoms with van der Waals surface area (Å²) in [7, 11) is 0. The second-order valence-corrected chi connectivity index (χ2v) is 9.29. The number of esters is 1. The molecule has 5 heteroatoms. The first-order chi connectivity index (χ1) is 15.3. The summed E-state index contributed by atoms with van der Waals surface area (Å²) < 4.78 is 5.50. The lowest BCUT2D eigenvalue weighted by Crippen LogP contribution is -2.48. The highest BCUT2D eigenvalue weighted by Crippen LogP contribution is 2.27. The molecule has 32 heavy (non-hydrogen) atoms. The van der Waals surface area contributed by atoms with Gasteiger partial charge in [-0.05, 0) is 67.6 Å². The van der Waals surface area contributed by atoms with Crippen LogP contribution in [0.4, 0.5) is 5.69 Å². The van der Waals surface area contributed by atoms with Crippen molar-refractivity contribution in [3.63, 3.8) is 0 Å². The Morgan fingerprint density at radius 2 is 1.75 bits per heavy atom. The molecule has 1 N–H and O–H groups in total. The maximum absolute atomic E-state index is 13.5. The fraction of sp³-hybridized carbons (Fsp3) is 0.333. The molecule has 1 amide bonds. The van der Waals surface area contributed by atoms with Crippen molar-refractivity contribution >= 4 is 28.3 Å². The highest BCUT2D eigenvalue weighted by Gasteiger charge is 2.32. The minimum absolute atomic E-state index is 0.0957. The molecule has 0 saturated carbocycles. The SMILES string of the molecule is CC(C)(C)OC(=O)CN1C(=O)C(NCc2ccc3ccccc3c2)CCc2ccccc21. The lowest BCUT2D eigenvalue weighted by molar-refractivity contribution is -0.153. The third-order valence-corrected chi connectivity index (χ3v) is 5.62. The van der Waals surface area contributed by atoms with E-state index in [2.05, 4.69) is 35.6 Å². The van der Waals surface area contributed by atoms with E-state index in [9.17, 15) is 9.59 Å². The summed E-state index contributed by atoms with van der Waals surface area (Å²) in [5, 5.41) is 5.81. The quantitative estimate of drug-likeness (QED) is 0.600. The van der Waals surface area contributed by atoms with Crippen molar-refractivity contribution in [3.8, 4) is 0 Å². The van der Waals surface area contributed by atoms with Crippen LogP contribution in [0.2, 0.25) is 0 Å². The molecule has 1 heterocycles. The van der Waals surface area contributed by atoms with Crippen LogP contribution in [0.5, 0.6) is 0 Å². The number of ether oxygens (including phenoxy) is 1. The number of amides is 1. The third-order valence-electron chi connectivity index (χ3n) is 5.62. The van der Waals surface area contributed by atoms with Gasteiger partial charge in [-0.3, -0.25) is 14.5 Å². The van der Waals surface area contributed by atoms with Crippen LogP contribution >= 0.6 is 0 Å². The number of rotatable bonds is 5. The van der Waals surface area contributed by atoms with E-state index < -0.39 is 11.6 Å². The Balaban J connectivity index is 1.52. The Labute approximate surface area is 189 Å². The second kappa shape index (κ2) is 9.13. The first-order valence-corrected chi connectivity index (χ1v) is 11.1. The van der Waals surface area contributed by atoms with Gasteiger partial charge in [0.2, 0.25) is 5.91 Å². The fourth-order valence-corrected chi connectivity index (χ4v) is 4.16. The molecule has 0 saturated heterocycles. The van der Waals surface area contributed by atoms with Gasteiger partial charge < -0.3 is 10.1 Å². The van der Waals surface area contributed by atoms with Gasteiger partial charge in [-0.25, -0.2) is 0 Å². The van der Waals surface area contributed by atoms with Gasteiger partial charge >= 0.3 is 5.97 Å². The Kier molecular flexibility index (Phi) is 6.28. The summed E-state index contributed by atoms with van der Waals surface area (Å²) >= 11 is 0. The van der Waals surface area contributed by atoms with Crippen molar-refractivity contribution < 1.29 is 14.3 Å². The van der Waals surface area contributed by atoms with Crippen LogP contribution in [0.25, 0.3) is 10.8 Å². The molecule has 4 rings (SSSR count). The summed E-state index contributed by atoms with van der Waals surface area (Å²) in [4.78, 5) is 27.6. The minimum atomic E-state index is -0.598. The van der Waals surface area contributed by atoms with Crippen LogP contribution < -0.4 is 10.2 Å². The van der Waals surface area contributed by atoms with E-state index in [0.717, 1.165) is 23.2 Å². The van der Waals surface area contributed by atoms with E-state index in [-0.39, 0.29) is 18.5 Å². The van der Waals surface area contributed by atoms with Crippen LogP contribution in [-0.2, 0) is 27.3 Å². The number of carbonyl (C=O) groups excluding carboxylic acids is 2. The summed E-state index contributed by atoms with van der Waals surface area (Å²) in [6, 6.07) is 22.0. The van der Waals surface area contributed by atoms with Crippen molar-refractivity contribution in [2.24, 2.45) is 0 Å². The first-order valence-electron chi connectivity index (χ1n) is 11.1. The Morgan fingerprint density at radius 1 is 1.03 bits per heavy atom. The molecule has 166 valence electrons. The van der Waals surface area contributed by atoms with Crippen molar-refractivity contribution in [2.45, 2.75) is 51.8 Å². The molecular formula is C27H30N2O3. The van der Waals surface area contributed by atoms with E-state index in [1.165, 1.54) is 10.8 Å². The van der Waals surface area contributed by atoms with Gasteiger partial charge in [0.25, 0.3) is 0 Å². The Morgan fingerprint density at radius 3 is 2.53 bits per heavy atom. The molecule has 3 aromatic carbocycles. The van der Waals surface area contributed by atoms with Gasteiger partial charge in [-0.2, -0.15) is 0 Å². The van der Waals surface area contributed by atoms with E-state index in [4.69, 9.17) is 4.74 Å². The van der Waals surface area contributed by atoms with E-state index in [0.29, 0.717) is 13.0 Å². The number of anilines is 1. The van der Waals surface area contributed by atoms with Crippen molar-refractivity contribution in [3.05, 3.63) is 77.9 Å². The molecule has 0 fully saturated rings.